The molecule has 2 N–H and O–H groups in total. The van der Waals surface area contributed by atoms with Crippen molar-refractivity contribution in [3.63, 3.8) is 0 Å². The molecule has 0 saturated carbocycles. The number of carbonyl (C=O) groups is 1. The van der Waals surface area contributed by atoms with Crippen molar-refractivity contribution in [3.05, 3.63) is 71.3 Å². The van der Waals surface area contributed by atoms with Crippen LogP contribution < -0.4 is 10.6 Å². The van der Waals surface area contributed by atoms with E-state index in [4.69, 9.17) is 0 Å². The molecule has 0 saturated heterocycles. The summed E-state index contributed by atoms with van der Waals surface area (Å²) in [4.78, 5) is 12.4. The second-order valence-corrected chi connectivity index (χ2v) is 5.96. The molecule has 2 aromatic carbocycles. The SMILES string of the molecule is CC(CNC(=O)C1Cc2ccccc2CN1)c1ccccc1. The van der Waals surface area contributed by atoms with Crippen LogP contribution in [0.25, 0.3) is 0 Å². The van der Waals surface area contributed by atoms with Gasteiger partial charge in [0.25, 0.3) is 0 Å². The summed E-state index contributed by atoms with van der Waals surface area (Å²) in [7, 11) is 0. The van der Waals surface area contributed by atoms with Gasteiger partial charge in [-0.15, -0.1) is 0 Å². The topological polar surface area (TPSA) is 41.1 Å². The van der Waals surface area contributed by atoms with Gasteiger partial charge in [-0.1, -0.05) is 61.5 Å². The van der Waals surface area contributed by atoms with Crippen molar-refractivity contribution in [2.75, 3.05) is 6.54 Å². The zero-order valence-electron chi connectivity index (χ0n) is 12.9. The molecule has 1 heterocycles. The number of rotatable bonds is 4. The zero-order chi connectivity index (χ0) is 15.4. The zero-order valence-corrected chi connectivity index (χ0v) is 12.9. The molecule has 22 heavy (non-hydrogen) atoms. The van der Waals surface area contributed by atoms with Gasteiger partial charge in [-0.25, -0.2) is 0 Å². The summed E-state index contributed by atoms with van der Waals surface area (Å²) in [6, 6.07) is 18.5. The first-order valence-corrected chi connectivity index (χ1v) is 7.87. The average molecular weight is 294 g/mol. The highest BCUT2D eigenvalue weighted by Crippen LogP contribution is 2.17. The van der Waals surface area contributed by atoms with E-state index in [1.165, 1.54) is 16.7 Å². The van der Waals surface area contributed by atoms with Gasteiger partial charge in [0.05, 0.1) is 6.04 Å². The van der Waals surface area contributed by atoms with Crippen LogP contribution in [0.15, 0.2) is 54.6 Å². The maximum absolute atomic E-state index is 12.4. The molecule has 0 aliphatic carbocycles. The van der Waals surface area contributed by atoms with Crippen molar-refractivity contribution < 1.29 is 4.79 Å². The van der Waals surface area contributed by atoms with Crippen LogP contribution in [0.1, 0.15) is 29.5 Å². The second-order valence-electron chi connectivity index (χ2n) is 5.96. The van der Waals surface area contributed by atoms with Crippen molar-refractivity contribution >= 4 is 5.91 Å². The number of hydrogen-bond acceptors (Lipinski definition) is 2. The number of fused-ring (bicyclic) bond motifs is 1. The van der Waals surface area contributed by atoms with E-state index in [-0.39, 0.29) is 11.9 Å². The Balaban J connectivity index is 1.55. The Labute approximate surface area is 131 Å². The fourth-order valence-electron chi connectivity index (χ4n) is 2.92. The largest absolute Gasteiger partial charge is 0.354 e. The minimum Gasteiger partial charge on any atom is -0.354 e. The predicted octanol–water partition coefficient (Wildman–Crippen LogP) is 2.62. The molecule has 2 aromatic rings. The van der Waals surface area contributed by atoms with Crippen molar-refractivity contribution in [1.82, 2.24) is 10.6 Å². The van der Waals surface area contributed by atoms with E-state index in [2.05, 4.69) is 41.8 Å². The Morgan fingerprint density at radius 1 is 1.14 bits per heavy atom. The van der Waals surface area contributed by atoms with Gasteiger partial charge in [-0.2, -0.15) is 0 Å². The molecule has 3 nitrogen and oxygen atoms in total. The normalized spacial score (nSPS) is 18.3. The minimum absolute atomic E-state index is 0.0947. The third-order valence-corrected chi connectivity index (χ3v) is 4.35. The van der Waals surface area contributed by atoms with Gasteiger partial charge in [0.15, 0.2) is 0 Å². The molecule has 2 atom stereocenters. The summed E-state index contributed by atoms with van der Waals surface area (Å²) in [5.41, 5.74) is 3.83. The van der Waals surface area contributed by atoms with Crippen molar-refractivity contribution in [3.8, 4) is 0 Å². The Morgan fingerprint density at radius 3 is 2.59 bits per heavy atom. The van der Waals surface area contributed by atoms with E-state index < -0.39 is 0 Å². The lowest BCUT2D eigenvalue weighted by molar-refractivity contribution is -0.123. The van der Waals surface area contributed by atoms with Gasteiger partial charge in [-0.3, -0.25) is 4.79 Å². The Kier molecular flexibility index (Phi) is 4.54. The van der Waals surface area contributed by atoms with Crippen molar-refractivity contribution in [2.24, 2.45) is 0 Å². The summed E-state index contributed by atoms with van der Waals surface area (Å²) in [5.74, 6) is 0.415. The predicted molar refractivity (Wildman–Crippen MR) is 88.6 cm³/mol. The molecule has 0 radical (unpaired) electrons. The third-order valence-electron chi connectivity index (χ3n) is 4.35. The lowest BCUT2D eigenvalue weighted by Crippen LogP contribution is -2.48. The van der Waals surface area contributed by atoms with E-state index in [0.717, 1.165) is 13.0 Å². The fourth-order valence-corrected chi connectivity index (χ4v) is 2.92. The van der Waals surface area contributed by atoms with E-state index in [1.54, 1.807) is 0 Å². The van der Waals surface area contributed by atoms with Crippen molar-refractivity contribution in [2.45, 2.75) is 31.8 Å². The highest BCUT2D eigenvalue weighted by molar-refractivity contribution is 5.82. The lowest BCUT2D eigenvalue weighted by atomic mass is 9.95. The molecule has 1 amide bonds. The summed E-state index contributed by atoms with van der Waals surface area (Å²) in [6.07, 6.45) is 0.766. The van der Waals surface area contributed by atoms with Gasteiger partial charge in [0.2, 0.25) is 5.91 Å². The smallest absolute Gasteiger partial charge is 0.237 e. The monoisotopic (exact) mass is 294 g/mol. The summed E-state index contributed by atoms with van der Waals surface area (Å²) in [5, 5.41) is 6.41. The van der Waals surface area contributed by atoms with Gasteiger partial charge in [0.1, 0.15) is 0 Å². The Morgan fingerprint density at radius 2 is 1.82 bits per heavy atom. The van der Waals surface area contributed by atoms with E-state index in [0.29, 0.717) is 12.5 Å². The van der Waals surface area contributed by atoms with Crippen LogP contribution in [0.3, 0.4) is 0 Å². The molecular weight excluding hydrogens is 272 g/mol. The number of carbonyl (C=O) groups excluding carboxylic acids is 1. The Bertz CT molecular complexity index is 639. The van der Waals surface area contributed by atoms with Crippen LogP contribution in [-0.2, 0) is 17.8 Å². The van der Waals surface area contributed by atoms with Gasteiger partial charge >= 0.3 is 0 Å². The van der Waals surface area contributed by atoms with Gasteiger partial charge < -0.3 is 10.6 Å². The molecule has 1 aliphatic rings. The maximum Gasteiger partial charge on any atom is 0.237 e. The standard InChI is InChI=1S/C19H22N2O/c1-14(15-7-3-2-4-8-15)12-21-19(22)18-11-16-9-5-6-10-17(16)13-20-18/h2-10,14,18,20H,11-13H2,1H3,(H,21,22). The molecule has 0 spiro atoms. The molecule has 114 valence electrons. The quantitative estimate of drug-likeness (QED) is 0.910. The number of benzene rings is 2. The van der Waals surface area contributed by atoms with E-state index in [1.807, 2.05) is 30.3 Å². The molecule has 2 unspecified atom stereocenters. The highest BCUT2D eigenvalue weighted by Gasteiger charge is 2.23. The first kappa shape index (κ1) is 14.8. The second kappa shape index (κ2) is 6.75. The number of nitrogens with one attached hydrogen (secondary N) is 2. The van der Waals surface area contributed by atoms with Crippen LogP contribution in [-0.4, -0.2) is 18.5 Å². The molecule has 3 heteroatoms. The van der Waals surface area contributed by atoms with Gasteiger partial charge in [-0.05, 0) is 29.0 Å². The van der Waals surface area contributed by atoms with Crippen LogP contribution in [0, 0.1) is 0 Å². The minimum atomic E-state index is -0.127. The van der Waals surface area contributed by atoms with Crippen LogP contribution in [0.4, 0.5) is 0 Å². The molecular formula is C19H22N2O. The number of amides is 1. The fraction of sp³-hybridized carbons (Fsp3) is 0.316. The van der Waals surface area contributed by atoms with Crippen LogP contribution in [0.5, 0.6) is 0 Å². The molecule has 1 aliphatic heterocycles. The van der Waals surface area contributed by atoms with Crippen molar-refractivity contribution in [1.29, 1.82) is 0 Å². The first-order valence-electron chi connectivity index (χ1n) is 7.87. The molecule has 3 rings (SSSR count). The lowest BCUT2D eigenvalue weighted by Gasteiger charge is -2.26. The van der Waals surface area contributed by atoms with E-state index >= 15 is 0 Å². The van der Waals surface area contributed by atoms with Crippen LogP contribution >= 0.6 is 0 Å². The van der Waals surface area contributed by atoms with Gasteiger partial charge in [0, 0.05) is 13.1 Å². The average Bonchev–Trinajstić information content (AvgIpc) is 2.59. The molecule has 0 bridgehead atoms. The summed E-state index contributed by atoms with van der Waals surface area (Å²) >= 11 is 0. The summed E-state index contributed by atoms with van der Waals surface area (Å²) in [6.45, 7) is 3.57. The number of hydrogen-bond donors (Lipinski definition) is 2. The summed E-state index contributed by atoms with van der Waals surface area (Å²) < 4.78 is 0. The van der Waals surface area contributed by atoms with E-state index in [9.17, 15) is 4.79 Å². The molecule has 0 aromatic heterocycles. The molecule has 0 fully saturated rings. The maximum atomic E-state index is 12.4. The highest BCUT2D eigenvalue weighted by atomic mass is 16.2. The third kappa shape index (κ3) is 3.37. The Hall–Kier alpha value is -2.13. The van der Waals surface area contributed by atoms with Crippen LogP contribution in [0.2, 0.25) is 0 Å². The first-order chi connectivity index (χ1) is 10.7.